The van der Waals surface area contributed by atoms with Gasteiger partial charge in [0.2, 0.25) is 0 Å². The molecule has 3 aromatic rings. The highest BCUT2D eigenvalue weighted by Gasteiger charge is 2.20. The molecule has 3 aromatic carbocycles. The third-order valence-electron chi connectivity index (χ3n) is 6.77. The molecule has 2 N–H and O–H groups in total. The first kappa shape index (κ1) is 30.3. The molecule has 0 heterocycles. The van der Waals surface area contributed by atoms with E-state index in [4.69, 9.17) is 23.2 Å². The molecule has 3 rings (SSSR count). The van der Waals surface area contributed by atoms with Crippen LogP contribution in [-0.2, 0) is 9.84 Å². The van der Waals surface area contributed by atoms with Crippen LogP contribution in [0.5, 0.6) is 5.75 Å². The van der Waals surface area contributed by atoms with E-state index in [9.17, 15) is 18.3 Å². The highest BCUT2D eigenvalue weighted by Crippen LogP contribution is 2.36. The minimum atomic E-state index is -3.48. The van der Waals surface area contributed by atoms with Gasteiger partial charge < -0.3 is 10.4 Å². The molecule has 5 nitrogen and oxygen atoms in total. The van der Waals surface area contributed by atoms with E-state index >= 15 is 0 Å². The lowest BCUT2D eigenvalue weighted by molar-refractivity contribution is 0.102. The van der Waals surface area contributed by atoms with E-state index in [1.54, 1.807) is 6.07 Å². The molecule has 0 saturated heterocycles. The Hall–Kier alpha value is -2.28. The van der Waals surface area contributed by atoms with Crippen LogP contribution in [0.25, 0.3) is 10.8 Å². The number of unbranched alkanes of at least 4 members (excludes halogenated alkanes) is 9. The largest absolute Gasteiger partial charge is 0.506 e. The summed E-state index contributed by atoms with van der Waals surface area (Å²) in [5, 5.41) is 14.9. The van der Waals surface area contributed by atoms with Crippen molar-refractivity contribution in [2.75, 3.05) is 11.1 Å². The van der Waals surface area contributed by atoms with E-state index < -0.39 is 15.7 Å². The molecule has 1 amide bonds. The van der Waals surface area contributed by atoms with E-state index in [-0.39, 0.29) is 32.7 Å². The molecule has 0 atom stereocenters. The second kappa shape index (κ2) is 14.2. The number of phenols is 1. The number of nitrogens with one attached hydrogen (secondary N) is 1. The van der Waals surface area contributed by atoms with Gasteiger partial charge >= 0.3 is 0 Å². The van der Waals surface area contributed by atoms with Crippen LogP contribution in [0.1, 0.15) is 87.1 Å². The van der Waals surface area contributed by atoms with E-state index in [2.05, 4.69) is 12.2 Å². The summed E-state index contributed by atoms with van der Waals surface area (Å²) >= 11 is 12.7. The van der Waals surface area contributed by atoms with Gasteiger partial charge in [-0.2, -0.15) is 0 Å². The molecule has 0 bridgehead atoms. The minimum absolute atomic E-state index is 0.0000715. The molecule has 206 valence electrons. The molecular formula is C30H37Cl2NO4S. The van der Waals surface area contributed by atoms with E-state index in [1.165, 1.54) is 62.8 Å². The first-order chi connectivity index (χ1) is 18.1. The summed E-state index contributed by atoms with van der Waals surface area (Å²) in [7, 11) is -3.48. The number of halogens is 2. The van der Waals surface area contributed by atoms with Gasteiger partial charge in [0, 0.05) is 15.8 Å². The van der Waals surface area contributed by atoms with Crippen LogP contribution in [0.2, 0.25) is 10.0 Å². The van der Waals surface area contributed by atoms with Crippen molar-refractivity contribution in [2.45, 2.75) is 83.0 Å². The normalized spacial score (nSPS) is 11.7. The summed E-state index contributed by atoms with van der Waals surface area (Å²) in [4.78, 5) is 13.1. The van der Waals surface area contributed by atoms with Crippen LogP contribution in [0.3, 0.4) is 0 Å². The second-order valence-corrected chi connectivity index (χ2v) is 12.8. The van der Waals surface area contributed by atoms with Gasteiger partial charge in [-0.25, -0.2) is 8.42 Å². The van der Waals surface area contributed by atoms with Gasteiger partial charge in [0.25, 0.3) is 5.91 Å². The number of aromatic hydroxyl groups is 1. The zero-order valence-electron chi connectivity index (χ0n) is 22.2. The molecule has 0 aliphatic rings. The lowest BCUT2D eigenvalue weighted by atomic mass is 10.0. The molecule has 38 heavy (non-hydrogen) atoms. The first-order valence-electron chi connectivity index (χ1n) is 13.4. The van der Waals surface area contributed by atoms with Crippen LogP contribution >= 0.6 is 23.2 Å². The molecule has 0 radical (unpaired) electrons. The molecule has 0 aromatic heterocycles. The monoisotopic (exact) mass is 577 g/mol. The van der Waals surface area contributed by atoms with Crippen LogP contribution in [0.15, 0.2) is 47.4 Å². The Labute approximate surface area is 236 Å². The summed E-state index contributed by atoms with van der Waals surface area (Å²) in [5.41, 5.74) is 1.22. The fourth-order valence-corrected chi connectivity index (χ4v) is 6.48. The fraction of sp³-hybridized carbons (Fsp3) is 0.433. The van der Waals surface area contributed by atoms with Gasteiger partial charge in [-0.05, 0) is 43.7 Å². The number of hydrogen-bond donors (Lipinski definition) is 2. The van der Waals surface area contributed by atoms with Crippen molar-refractivity contribution in [3.8, 4) is 5.75 Å². The highest BCUT2D eigenvalue weighted by atomic mass is 35.5. The molecule has 0 aliphatic carbocycles. The maximum absolute atomic E-state index is 12.9. The Balaban J connectivity index is 1.57. The summed E-state index contributed by atoms with van der Waals surface area (Å²) in [5.74, 6) is -0.725. The molecule has 0 aliphatic heterocycles. The number of benzene rings is 3. The number of carbonyl (C=O) groups excluding carboxylic acids is 1. The van der Waals surface area contributed by atoms with Gasteiger partial charge in [-0.15, -0.1) is 0 Å². The quantitative estimate of drug-likeness (QED) is 0.187. The molecule has 0 fully saturated rings. The van der Waals surface area contributed by atoms with Crippen molar-refractivity contribution in [3.63, 3.8) is 0 Å². The number of anilines is 1. The van der Waals surface area contributed by atoms with Gasteiger partial charge in [-0.3, -0.25) is 4.79 Å². The van der Waals surface area contributed by atoms with Gasteiger partial charge in [0.15, 0.2) is 9.84 Å². The number of carbonyl (C=O) groups is 1. The molecule has 0 saturated carbocycles. The van der Waals surface area contributed by atoms with Crippen molar-refractivity contribution in [3.05, 3.63) is 63.6 Å². The average molecular weight is 579 g/mol. The lowest BCUT2D eigenvalue weighted by Crippen LogP contribution is -2.13. The maximum atomic E-state index is 12.9. The summed E-state index contributed by atoms with van der Waals surface area (Å²) < 4.78 is 25.6. The Bertz CT molecular complexity index is 1370. The van der Waals surface area contributed by atoms with Gasteiger partial charge in [-0.1, -0.05) is 106 Å². The van der Waals surface area contributed by atoms with Crippen LogP contribution < -0.4 is 5.32 Å². The van der Waals surface area contributed by atoms with Gasteiger partial charge in [0.1, 0.15) is 5.75 Å². The Kier molecular flexibility index (Phi) is 11.3. The van der Waals surface area contributed by atoms with Crippen LogP contribution in [0.4, 0.5) is 5.69 Å². The Morgan fingerprint density at radius 1 is 0.816 bits per heavy atom. The van der Waals surface area contributed by atoms with Crippen molar-refractivity contribution >= 4 is 55.4 Å². The first-order valence-corrected chi connectivity index (χ1v) is 15.8. The number of sulfone groups is 1. The topological polar surface area (TPSA) is 83.5 Å². The van der Waals surface area contributed by atoms with Crippen molar-refractivity contribution in [1.29, 1.82) is 0 Å². The SMILES string of the molecule is CCCCCCCCCCCCS(=O)(=O)c1ccc(NC(=O)c2cc(Cl)c3cc(C)ccc3c2O)c(Cl)c1. The number of aryl methyl sites for hydroxylation is 1. The molecular weight excluding hydrogens is 541 g/mol. The van der Waals surface area contributed by atoms with Gasteiger partial charge in [0.05, 0.1) is 26.9 Å². The van der Waals surface area contributed by atoms with Crippen LogP contribution in [-0.4, -0.2) is 25.2 Å². The van der Waals surface area contributed by atoms with Crippen molar-refractivity contribution in [1.82, 2.24) is 0 Å². The zero-order chi connectivity index (χ0) is 27.7. The molecule has 0 unspecified atom stereocenters. The van der Waals surface area contributed by atoms with Crippen molar-refractivity contribution in [2.24, 2.45) is 0 Å². The Morgan fingerprint density at radius 3 is 2.08 bits per heavy atom. The lowest BCUT2D eigenvalue weighted by Gasteiger charge is -2.13. The number of fused-ring (bicyclic) bond motifs is 1. The number of amides is 1. The van der Waals surface area contributed by atoms with E-state index in [0.29, 0.717) is 22.2 Å². The highest BCUT2D eigenvalue weighted by molar-refractivity contribution is 7.91. The smallest absolute Gasteiger partial charge is 0.259 e. The number of rotatable bonds is 14. The molecule has 0 spiro atoms. The van der Waals surface area contributed by atoms with E-state index in [1.807, 2.05) is 19.1 Å². The van der Waals surface area contributed by atoms with Crippen molar-refractivity contribution < 1.29 is 18.3 Å². The van der Waals surface area contributed by atoms with Crippen LogP contribution in [0, 0.1) is 6.92 Å². The molecule has 8 heteroatoms. The second-order valence-electron chi connectivity index (χ2n) is 9.90. The third kappa shape index (κ3) is 8.11. The Morgan fingerprint density at radius 2 is 1.45 bits per heavy atom. The average Bonchev–Trinajstić information content (AvgIpc) is 2.88. The predicted octanol–water partition coefficient (Wildman–Crippen LogP) is 9.11. The third-order valence-corrected chi connectivity index (χ3v) is 9.20. The summed E-state index contributed by atoms with van der Waals surface area (Å²) in [6, 6.07) is 11.1. The minimum Gasteiger partial charge on any atom is -0.506 e. The fourth-order valence-electron chi connectivity index (χ4n) is 4.53. The standard InChI is InChI=1S/C30H37Cl2NO4S/c1-3-4-5-6-7-8-9-10-11-12-17-38(36,37)22-14-16-28(27(32)19-22)33-30(35)25-20-26(31)24-18-21(2)13-15-23(24)29(25)34/h13-16,18-20,34H,3-12,17H2,1-2H3,(H,33,35). The summed E-state index contributed by atoms with van der Waals surface area (Å²) in [6.45, 7) is 4.13. The zero-order valence-corrected chi connectivity index (χ0v) is 24.5. The number of hydrogen-bond acceptors (Lipinski definition) is 4. The number of phenolic OH excluding ortho intramolecular Hbond substituents is 1. The summed E-state index contributed by atoms with van der Waals surface area (Å²) in [6.07, 6.45) is 11.3. The maximum Gasteiger partial charge on any atom is 0.259 e. The van der Waals surface area contributed by atoms with E-state index in [0.717, 1.165) is 24.8 Å². The predicted molar refractivity (Wildman–Crippen MR) is 159 cm³/mol.